The number of nitrogens with two attached hydrogens (primary N) is 1. The van der Waals surface area contributed by atoms with E-state index in [0.717, 1.165) is 4.31 Å². The third-order valence-electron chi connectivity index (χ3n) is 4.19. The Bertz CT molecular complexity index is 1040. The largest absolute Gasteiger partial charge is 0.495 e. The number of hydrogen-bond acceptors (Lipinski definition) is 7. The number of hydrogen-bond donors (Lipinski definition) is 1. The first kappa shape index (κ1) is 22.9. The second kappa shape index (κ2) is 8.98. The summed E-state index contributed by atoms with van der Waals surface area (Å²) in [5, 5.41) is -1.76. The minimum absolute atomic E-state index is 0.113. The zero-order valence-corrected chi connectivity index (χ0v) is 18.5. The molecule has 29 heavy (non-hydrogen) atoms. The van der Waals surface area contributed by atoms with Crippen molar-refractivity contribution in [3.05, 3.63) is 48.0 Å². The Kier molecular flexibility index (Phi) is 7.11. The zero-order chi connectivity index (χ0) is 21.8. The molecule has 8 nitrogen and oxygen atoms in total. The smallest absolute Gasteiger partial charge is 0.342 e. The monoisotopic (exact) mass is 440 g/mol. The molecular formula is C19H25N2O6PS. The maximum Gasteiger partial charge on any atom is 0.342 e. The molecule has 0 saturated heterocycles. The summed E-state index contributed by atoms with van der Waals surface area (Å²) < 4.78 is 63.0. The van der Waals surface area contributed by atoms with Crippen LogP contribution in [-0.2, 0) is 19.2 Å². The van der Waals surface area contributed by atoms with E-state index in [1.54, 1.807) is 31.2 Å². The molecule has 0 aliphatic carbocycles. The summed E-state index contributed by atoms with van der Waals surface area (Å²) in [7, 11) is -6.12. The van der Waals surface area contributed by atoms with Gasteiger partial charge in [-0.05, 0) is 50.6 Å². The average Bonchev–Trinajstić information content (AvgIpc) is 2.65. The van der Waals surface area contributed by atoms with E-state index in [1.807, 2.05) is 0 Å². The van der Waals surface area contributed by atoms with E-state index in [2.05, 4.69) is 0 Å². The number of sulfonamides is 1. The Morgan fingerprint density at radius 3 is 2.38 bits per heavy atom. The minimum Gasteiger partial charge on any atom is -0.495 e. The van der Waals surface area contributed by atoms with Gasteiger partial charge in [0.25, 0.3) is 10.0 Å². The molecule has 0 radical (unpaired) electrons. The number of para-hydroxylation sites is 1. The normalized spacial score (nSPS) is 11.8. The van der Waals surface area contributed by atoms with Crippen LogP contribution < -0.4 is 19.5 Å². The number of anilines is 1. The van der Waals surface area contributed by atoms with E-state index < -0.39 is 23.0 Å². The summed E-state index contributed by atoms with van der Waals surface area (Å²) in [5.41, 5.74) is 6.33. The Labute approximate surface area is 171 Å². The predicted molar refractivity (Wildman–Crippen MR) is 111 cm³/mol. The molecule has 0 amide bonds. The summed E-state index contributed by atoms with van der Waals surface area (Å²) in [4.78, 5) is -0.140. The van der Waals surface area contributed by atoms with Gasteiger partial charge in [0, 0.05) is 12.6 Å². The number of aryl methyl sites for hydroxylation is 1. The highest BCUT2D eigenvalue weighted by molar-refractivity contribution is 7.93. The first-order valence-corrected chi connectivity index (χ1v) is 11.4. The molecule has 10 heteroatoms. The van der Waals surface area contributed by atoms with Crippen molar-refractivity contribution in [2.24, 2.45) is 5.73 Å². The predicted octanol–water partition coefficient (Wildman–Crippen LogP) is 3.45. The van der Waals surface area contributed by atoms with Crippen LogP contribution in [0.5, 0.6) is 11.5 Å². The molecule has 0 heterocycles. The summed E-state index contributed by atoms with van der Waals surface area (Å²) in [5.74, 6) is 0.504. The van der Waals surface area contributed by atoms with E-state index in [4.69, 9.17) is 15.2 Å². The van der Waals surface area contributed by atoms with Crippen LogP contribution in [0.1, 0.15) is 19.4 Å². The van der Waals surface area contributed by atoms with Crippen LogP contribution in [-0.4, -0.2) is 34.0 Å². The lowest BCUT2D eigenvalue weighted by Gasteiger charge is -2.34. The van der Waals surface area contributed by atoms with Gasteiger partial charge in [-0.25, -0.2) is 21.9 Å². The second-order valence-electron chi connectivity index (χ2n) is 6.81. The molecule has 2 aromatic carbocycles. The van der Waals surface area contributed by atoms with Gasteiger partial charge in [0.15, 0.2) is 5.28 Å². The van der Waals surface area contributed by atoms with Crippen LogP contribution in [0, 0.1) is 6.92 Å². The Hall–Kier alpha value is -2.35. The Morgan fingerprint density at radius 2 is 1.79 bits per heavy atom. The van der Waals surface area contributed by atoms with E-state index in [-0.39, 0.29) is 29.5 Å². The molecule has 0 atom stereocenters. The summed E-state index contributed by atoms with van der Waals surface area (Å²) in [6.07, 6.45) is 0. The van der Waals surface area contributed by atoms with Crippen LogP contribution in [0.25, 0.3) is 0 Å². The van der Waals surface area contributed by atoms with E-state index in [0.29, 0.717) is 11.3 Å². The highest BCUT2D eigenvalue weighted by Crippen LogP contribution is 2.43. The molecule has 2 N–H and O–H groups in total. The molecule has 0 saturated carbocycles. The molecule has 0 aliphatic rings. The molecule has 0 spiro atoms. The minimum atomic E-state index is -4.31. The van der Waals surface area contributed by atoms with Crippen LogP contribution in [0.4, 0.5) is 5.69 Å². The van der Waals surface area contributed by atoms with Crippen molar-refractivity contribution in [1.82, 2.24) is 0 Å². The third-order valence-corrected chi connectivity index (χ3v) is 7.46. The van der Waals surface area contributed by atoms with Crippen LogP contribution in [0.2, 0.25) is 0 Å². The van der Waals surface area contributed by atoms with E-state index in [1.165, 1.54) is 39.2 Å². The van der Waals surface area contributed by atoms with Gasteiger partial charge in [-0.3, -0.25) is 0 Å². The lowest BCUT2D eigenvalue weighted by molar-refractivity contribution is 0.328. The molecule has 2 aromatic rings. The lowest BCUT2D eigenvalue weighted by atomic mass is 10.2. The Balaban J connectivity index is 2.77. The average molecular weight is 440 g/mol. The zero-order valence-electron chi connectivity index (χ0n) is 16.8. The van der Waals surface area contributed by atoms with Gasteiger partial charge in [-0.2, -0.15) is 0 Å². The topological polar surface area (TPSA) is 116 Å². The third kappa shape index (κ3) is 4.80. The van der Waals surface area contributed by atoms with Gasteiger partial charge in [0.05, 0.1) is 12.8 Å². The highest BCUT2D eigenvalue weighted by Gasteiger charge is 2.43. The van der Waals surface area contributed by atoms with Gasteiger partial charge in [-0.15, -0.1) is 0 Å². The number of nitrogens with zero attached hydrogens (tertiary/aromatic N) is 1. The van der Waals surface area contributed by atoms with Gasteiger partial charge >= 0.3 is 7.68 Å². The number of rotatable bonds is 9. The van der Waals surface area contributed by atoms with E-state index >= 15 is 0 Å². The Morgan fingerprint density at radius 1 is 1.14 bits per heavy atom. The second-order valence-corrected chi connectivity index (χ2v) is 10.2. The molecule has 0 aromatic heterocycles. The van der Waals surface area contributed by atoms with Gasteiger partial charge < -0.3 is 15.2 Å². The highest BCUT2D eigenvalue weighted by atomic mass is 32.2. The van der Waals surface area contributed by atoms with Crippen LogP contribution in [0.3, 0.4) is 0 Å². The molecular weight excluding hydrogens is 415 g/mol. The van der Waals surface area contributed by atoms with Crippen molar-refractivity contribution in [2.75, 3.05) is 24.6 Å². The summed E-state index contributed by atoms with van der Waals surface area (Å²) in [6.45, 7) is 4.94. The van der Waals surface area contributed by atoms with Gasteiger partial charge in [0.1, 0.15) is 23.0 Å². The number of methoxy groups -OCH3 is 1. The summed E-state index contributed by atoms with van der Waals surface area (Å²) >= 11 is 0. The molecule has 0 aliphatic heterocycles. The molecule has 0 fully saturated rings. The standard InChI is InChI=1S/C19H25N2O6PS/c1-14-11-15(13-16(12-14)27-10-9-20)21(19(2,3)28(22)23)29(24,25)18-8-6-5-7-17(18)26-4/h5-8,11-13H,9-10,20H2,1-4H3. The molecule has 0 bridgehead atoms. The molecule has 158 valence electrons. The lowest BCUT2D eigenvalue weighted by Crippen LogP contribution is -2.45. The van der Waals surface area contributed by atoms with Crippen LogP contribution in [0.15, 0.2) is 47.4 Å². The maximum atomic E-state index is 13.6. The van der Waals surface area contributed by atoms with Crippen molar-refractivity contribution in [1.29, 1.82) is 0 Å². The van der Waals surface area contributed by atoms with Gasteiger partial charge in [-0.1, -0.05) is 12.1 Å². The van der Waals surface area contributed by atoms with Crippen molar-refractivity contribution in [2.45, 2.75) is 30.9 Å². The van der Waals surface area contributed by atoms with Crippen molar-refractivity contribution in [3.63, 3.8) is 0 Å². The van der Waals surface area contributed by atoms with Crippen LogP contribution >= 0.6 is 7.68 Å². The number of benzene rings is 2. The fourth-order valence-electron chi connectivity index (χ4n) is 2.86. The van der Waals surface area contributed by atoms with Crippen molar-refractivity contribution >= 4 is 23.4 Å². The summed E-state index contributed by atoms with van der Waals surface area (Å²) in [6, 6.07) is 10.8. The fraction of sp³-hybridized carbons (Fsp3) is 0.368. The SMILES string of the molecule is COc1ccccc1S(=O)(=O)N(c1cc(C)cc(OCCN)c1)C(C)(C)P(=O)=O. The quantitative estimate of drug-likeness (QED) is 0.594. The molecule has 2 rings (SSSR count). The maximum absolute atomic E-state index is 13.6. The first-order chi connectivity index (χ1) is 13.6. The van der Waals surface area contributed by atoms with E-state index in [9.17, 15) is 17.5 Å². The van der Waals surface area contributed by atoms with Crippen molar-refractivity contribution in [3.8, 4) is 11.5 Å². The number of ether oxygens (including phenoxy) is 2. The fourth-order valence-corrected chi connectivity index (χ4v) is 5.47. The first-order valence-electron chi connectivity index (χ1n) is 8.83. The molecule has 0 unspecified atom stereocenters. The van der Waals surface area contributed by atoms with Gasteiger partial charge in [0.2, 0.25) is 0 Å². The van der Waals surface area contributed by atoms with Crippen molar-refractivity contribution < 1.29 is 27.0 Å².